The van der Waals surface area contributed by atoms with Crippen molar-refractivity contribution in [2.75, 3.05) is 13.1 Å². The predicted molar refractivity (Wildman–Crippen MR) is 68.6 cm³/mol. The second kappa shape index (κ2) is 6.58. The Morgan fingerprint density at radius 2 is 2.25 bits per heavy atom. The Balaban J connectivity index is 2.17. The van der Waals surface area contributed by atoms with Crippen molar-refractivity contribution in [2.24, 2.45) is 0 Å². The van der Waals surface area contributed by atoms with E-state index in [1.54, 1.807) is 0 Å². The number of hydrogen-bond donors (Lipinski definition) is 3. The van der Waals surface area contributed by atoms with E-state index < -0.39 is 5.60 Å². The van der Waals surface area contributed by atoms with Gasteiger partial charge in [0, 0.05) is 18.6 Å². The summed E-state index contributed by atoms with van der Waals surface area (Å²) in [4.78, 5) is 0. The van der Waals surface area contributed by atoms with Gasteiger partial charge in [-0.2, -0.15) is 0 Å². The lowest BCUT2D eigenvalue weighted by molar-refractivity contribution is 0.0526. The fourth-order valence-electron chi connectivity index (χ4n) is 2.15. The van der Waals surface area contributed by atoms with Crippen molar-refractivity contribution in [3.05, 3.63) is 0 Å². The number of aliphatic hydroxyl groups is 1. The molecule has 3 heteroatoms. The van der Waals surface area contributed by atoms with Gasteiger partial charge in [-0.25, -0.2) is 0 Å². The highest BCUT2D eigenvalue weighted by atomic mass is 16.3. The third-order valence-corrected chi connectivity index (χ3v) is 3.64. The Bertz CT molecular complexity index is 188. The molecule has 0 bridgehead atoms. The smallest absolute Gasteiger partial charge is 0.0741 e. The molecule has 96 valence electrons. The van der Waals surface area contributed by atoms with Crippen LogP contribution >= 0.6 is 0 Å². The molecule has 0 spiro atoms. The third kappa shape index (κ3) is 5.28. The summed E-state index contributed by atoms with van der Waals surface area (Å²) in [6.45, 7) is 7.99. The molecule has 3 nitrogen and oxygen atoms in total. The van der Waals surface area contributed by atoms with Crippen LogP contribution in [-0.2, 0) is 0 Å². The quantitative estimate of drug-likeness (QED) is 0.648. The third-order valence-electron chi connectivity index (χ3n) is 3.64. The minimum absolute atomic E-state index is 0.480. The van der Waals surface area contributed by atoms with E-state index in [0.29, 0.717) is 18.6 Å². The fraction of sp³-hybridized carbons (Fsp3) is 1.00. The van der Waals surface area contributed by atoms with Gasteiger partial charge in [-0.1, -0.05) is 13.3 Å². The summed E-state index contributed by atoms with van der Waals surface area (Å²) < 4.78 is 0. The molecule has 1 aliphatic heterocycles. The van der Waals surface area contributed by atoms with E-state index in [2.05, 4.69) is 17.6 Å². The van der Waals surface area contributed by atoms with Crippen molar-refractivity contribution in [2.45, 2.75) is 70.6 Å². The first-order valence-electron chi connectivity index (χ1n) is 6.72. The molecule has 0 aliphatic carbocycles. The van der Waals surface area contributed by atoms with Crippen molar-refractivity contribution in [3.63, 3.8) is 0 Å². The summed E-state index contributed by atoms with van der Waals surface area (Å²) in [5.74, 6) is 0. The van der Waals surface area contributed by atoms with Crippen LogP contribution < -0.4 is 10.6 Å². The van der Waals surface area contributed by atoms with Crippen molar-refractivity contribution >= 4 is 0 Å². The molecule has 3 atom stereocenters. The van der Waals surface area contributed by atoms with Gasteiger partial charge in [0.25, 0.3) is 0 Å². The summed E-state index contributed by atoms with van der Waals surface area (Å²) in [6, 6.07) is 1.15. The molecular formula is C13H28N2O. The van der Waals surface area contributed by atoms with E-state index in [1.165, 1.54) is 32.2 Å². The van der Waals surface area contributed by atoms with E-state index in [1.807, 2.05) is 13.8 Å². The highest BCUT2D eigenvalue weighted by Crippen LogP contribution is 2.13. The molecule has 0 radical (unpaired) electrons. The molecule has 1 saturated heterocycles. The van der Waals surface area contributed by atoms with Crippen molar-refractivity contribution in [1.82, 2.24) is 10.6 Å². The van der Waals surface area contributed by atoms with E-state index in [0.717, 1.165) is 6.42 Å². The average molecular weight is 228 g/mol. The van der Waals surface area contributed by atoms with Crippen LogP contribution in [0.2, 0.25) is 0 Å². The molecule has 0 amide bonds. The maximum atomic E-state index is 9.90. The van der Waals surface area contributed by atoms with Crippen LogP contribution in [0.15, 0.2) is 0 Å². The summed E-state index contributed by atoms with van der Waals surface area (Å²) in [5.41, 5.74) is -0.561. The van der Waals surface area contributed by atoms with Gasteiger partial charge in [0.05, 0.1) is 5.60 Å². The van der Waals surface area contributed by atoms with Crippen molar-refractivity contribution < 1.29 is 5.11 Å². The summed E-state index contributed by atoms with van der Waals surface area (Å²) in [7, 11) is 0. The highest BCUT2D eigenvalue weighted by molar-refractivity contribution is 4.80. The largest absolute Gasteiger partial charge is 0.389 e. The molecule has 0 saturated carbocycles. The van der Waals surface area contributed by atoms with Crippen molar-refractivity contribution in [1.29, 1.82) is 0 Å². The Hall–Kier alpha value is -0.120. The maximum Gasteiger partial charge on any atom is 0.0741 e. The first-order valence-corrected chi connectivity index (χ1v) is 6.72. The molecule has 3 unspecified atom stereocenters. The van der Waals surface area contributed by atoms with Crippen LogP contribution in [0.1, 0.15) is 52.9 Å². The van der Waals surface area contributed by atoms with Gasteiger partial charge in [0.1, 0.15) is 0 Å². The molecule has 1 rings (SSSR count). The second-order valence-electron chi connectivity index (χ2n) is 5.51. The van der Waals surface area contributed by atoms with E-state index in [-0.39, 0.29) is 0 Å². The Labute approximate surface area is 100 Å². The van der Waals surface area contributed by atoms with Gasteiger partial charge < -0.3 is 15.7 Å². The van der Waals surface area contributed by atoms with Crippen LogP contribution in [0.4, 0.5) is 0 Å². The van der Waals surface area contributed by atoms with Crippen LogP contribution in [-0.4, -0.2) is 35.9 Å². The molecule has 0 aromatic carbocycles. The van der Waals surface area contributed by atoms with Crippen molar-refractivity contribution in [3.8, 4) is 0 Å². The molecule has 1 heterocycles. The molecule has 0 aromatic rings. The maximum absolute atomic E-state index is 9.90. The van der Waals surface area contributed by atoms with Crippen LogP contribution in [0, 0.1) is 0 Å². The summed E-state index contributed by atoms with van der Waals surface area (Å²) >= 11 is 0. The lowest BCUT2D eigenvalue weighted by Gasteiger charge is -2.29. The topological polar surface area (TPSA) is 44.3 Å². The molecule has 16 heavy (non-hydrogen) atoms. The normalized spacial score (nSPS) is 27.4. The van der Waals surface area contributed by atoms with Gasteiger partial charge in [0.15, 0.2) is 0 Å². The molecule has 1 aliphatic rings. The van der Waals surface area contributed by atoms with Crippen LogP contribution in [0.5, 0.6) is 0 Å². The number of hydrogen-bond acceptors (Lipinski definition) is 3. The standard InChI is InChI=1S/C13H28N2O/c1-4-13(3,16)10-15-11(2)9-12-7-5-6-8-14-12/h11-12,14-16H,4-10H2,1-3H3. The zero-order valence-electron chi connectivity index (χ0n) is 11.1. The monoisotopic (exact) mass is 228 g/mol. The van der Waals surface area contributed by atoms with Gasteiger partial charge in [-0.15, -0.1) is 0 Å². The van der Waals surface area contributed by atoms with Crippen LogP contribution in [0.3, 0.4) is 0 Å². The van der Waals surface area contributed by atoms with Gasteiger partial charge in [-0.05, 0) is 46.1 Å². The number of rotatable bonds is 6. The fourth-order valence-corrected chi connectivity index (χ4v) is 2.15. The lowest BCUT2D eigenvalue weighted by Crippen LogP contribution is -2.44. The first-order chi connectivity index (χ1) is 7.53. The minimum atomic E-state index is -0.561. The molecule has 1 fully saturated rings. The van der Waals surface area contributed by atoms with Gasteiger partial charge >= 0.3 is 0 Å². The van der Waals surface area contributed by atoms with Gasteiger partial charge in [-0.3, -0.25) is 0 Å². The average Bonchev–Trinajstić information content (AvgIpc) is 2.28. The van der Waals surface area contributed by atoms with E-state index >= 15 is 0 Å². The molecular weight excluding hydrogens is 200 g/mol. The number of piperidine rings is 1. The summed E-state index contributed by atoms with van der Waals surface area (Å²) in [6.07, 6.45) is 5.95. The number of nitrogens with one attached hydrogen (secondary N) is 2. The van der Waals surface area contributed by atoms with Gasteiger partial charge in [0.2, 0.25) is 0 Å². The lowest BCUT2D eigenvalue weighted by atomic mass is 9.98. The Morgan fingerprint density at radius 1 is 1.50 bits per heavy atom. The molecule has 0 aromatic heterocycles. The SMILES string of the molecule is CCC(C)(O)CNC(C)CC1CCCCN1. The second-order valence-corrected chi connectivity index (χ2v) is 5.51. The van der Waals surface area contributed by atoms with Crippen LogP contribution in [0.25, 0.3) is 0 Å². The minimum Gasteiger partial charge on any atom is -0.389 e. The summed E-state index contributed by atoms with van der Waals surface area (Å²) in [5, 5.41) is 16.9. The Kier molecular flexibility index (Phi) is 5.73. The predicted octanol–water partition coefficient (Wildman–Crippen LogP) is 1.66. The zero-order chi connectivity index (χ0) is 12.0. The highest BCUT2D eigenvalue weighted by Gasteiger charge is 2.20. The van der Waals surface area contributed by atoms with E-state index in [9.17, 15) is 5.11 Å². The molecule has 3 N–H and O–H groups in total. The van der Waals surface area contributed by atoms with E-state index in [4.69, 9.17) is 0 Å². The zero-order valence-corrected chi connectivity index (χ0v) is 11.1. The Morgan fingerprint density at radius 3 is 2.81 bits per heavy atom. The first kappa shape index (κ1) is 13.9.